The molecule has 2 aliphatic heterocycles. The summed E-state index contributed by atoms with van der Waals surface area (Å²) in [6.07, 6.45) is 2.90. The van der Waals surface area contributed by atoms with E-state index in [0.717, 1.165) is 45.3 Å². The van der Waals surface area contributed by atoms with Crippen LogP contribution in [0.4, 0.5) is 8.78 Å². The van der Waals surface area contributed by atoms with Crippen LogP contribution >= 0.6 is 0 Å². The number of rotatable bonds is 5. The van der Waals surface area contributed by atoms with Crippen molar-refractivity contribution in [3.05, 3.63) is 72.6 Å². The van der Waals surface area contributed by atoms with Gasteiger partial charge in [-0.2, -0.15) is 0 Å². The molecular formula is C26H26F2N6. The molecule has 6 nitrogen and oxygen atoms in total. The fraction of sp³-hybridized carbons (Fsp3) is 0.308. The molecule has 0 aliphatic carbocycles. The van der Waals surface area contributed by atoms with Crippen LogP contribution in [0.3, 0.4) is 0 Å². The minimum absolute atomic E-state index is 0.0532. The maximum atomic E-state index is 13.5. The second kappa shape index (κ2) is 8.77. The van der Waals surface area contributed by atoms with E-state index in [1.807, 2.05) is 0 Å². The highest BCUT2D eigenvalue weighted by atomic mass is 19.1. The summed E-state index contributed by atoms with van der Waals surface area (Å²) in [6, 6.07) is 16.5. The van der Waals surface area contributed by atoms with Gasteiger partial charge in [0.05, 0.1) is 35.9 Å². The van der Waals surface area contributed by atoms with Crippen molar-refractivity contribution in [1.82, 2.24) is 30.6 Å². The number of H-pyrrole nitrogens is 2. The van der Waals surface area contributed by atoms with E-state index in [4.69, 9.17) is 0 Å². The summed E-state index contributed by atoms with van der Waals surface area (Å²) >= 11 is 0. The first-order valence-corrected chi connectivity index (χ1v) is 11.7. The molecule has 0 saturated carbocycles. The number of nitrogens with one attached hydrogen (secondary N) is 4. The highest BCUT2D eigenvalue weighted by Crippen LogP contribution is 2.29. The van der Waals surface area contributed by atoms with E-state index in [2.05, 4.69) is 79.1 Å². The lowest BCUT2D eigenvalue weighted by Gasteiger charge is -2.07. The molecule has 0 unspecified atom stereocenters. The summed E-state index contributed by atoms with van der Waals surface area (Å²) in [7, 11) is 0. The van der Waals surface area contributed by atoms with Crippen molar-refractivity contribution in [2.75, 3.05) is 13.1 Å². The van der Waals surface area contributed by atoms with Crippen LogP contribution in [0.25, 0.3) is 33.6 Å². The molecule has 0 spiro atoms. The van der Waals surface area contributed by atoms with Crippen LogP contribution in [-0.4, -0.2) is 45.4 Å². The Bertz CT molecular complexity index is 1160. The van der Waals surface area contributed by atoms with Crippen LogP contribution in [-0.2, 0) is 0 Å². The predicted octanol–water partition coefficient (Wildman–Crippen LogP) is 4.88. The third-order valence-corrected chi connectivity index (χ3v) is 6.73. The molecule has 2 aliphatic rings. The Morgan fingerprint density at radius 1 is 0.588 bits per heavy atom. The number of aromatic amines is 2. The lowest BCUT2D eigenvalue weighted by Crippen LogP contribution is -2.14. The molecule has 4 atom stereocenters. The first kappa shape index (κ1) is 21.2. The van der Waals surface area contributed by atoms with Crippen LogP contribution in [0.5, 0.6) is 0 Å². The van der Waals surface area contributed by atoms with Gasteiger partial charge in [-0.05, 0) is 22.3 Å². The van der Waals surface area contributed by atoms with Crippen molar-refractivity contribution < 1.29 is 8.78 Å². The smallest absolute Gasteiger partial charge is 0.123 e. The van der Waals surface area contributed by atoms with Gasteiger partial charge in [0.2, 0.25) is 0 Å². The van der Waals surface area contributed by atoms with Gasteiger partial charge in [-0.1, -0.05) is 48.5 Å². The van der Waals surface area contributed by atoms with Crippen molar-refractivity contribution in [3.8, 4) is 33.6 Å². The molecule has 34 heavy (non-hydrogen) atoms. The summed E-state index contributed by atoms with van der Waals surface area (Å²) < 4.78 is 26.9. The number of halogens is 2. The monoisotopic (exact) mass is 460 g/mol. The normalized spacial score (nSPS) is 24.6. The summed E-state index contributed by atoms with van der Waals surface area (Å²) in [5, 5.41) is 6.32. The average molecular weight is 461 g/mol. The van der Waals surface area contributed by atoms with E-state index in [9.17, 15) is 8.78 Å². The fourth-order valence-electron chi connectivity index (χ4n) is 4.81. The van der Waals surface area contributed by atoms with E-state index in [0.29, 0.717) is 25.9 Å². The molecule has 2 aromatic heterocycles. The minimum Gasteiger partial charge on any atom is -0.341 e. The highest BCUT2D eigenvalue weighted by molar-refractivity contribution is 5.71. The summed E-state index contributed by atoms with van der Waals surface area (Å²) in [4.78, 5) is 15.5. The number of hydrogen-bond donors (Lipinski definition) is 4. The standard InChI is InChI=1S/C26H26F2N6/c27-19-9-21(29-11-19)25-31-13-23(33-25)17-5-1-15(2-6-17)16-3-7-18(8-4-16)24-14-32-26(34-24)22-10-20(28)12-30-22/h1-8,13-14,19-22,29-30H,9-12H2,(H,31,33)(H,32,34)/t19-,20-,21+,22+/m1/s1. The topological polar surface area (TPSA) is 81.4 Å². The lowest BCUT2D eigenvalue weighted by atomic mass is 10.0. The van der Waals surface area contributed by atoms with Crippen molar-refractivity contribution >= 4 is 0 Å². The second-order valence-corrected chi connectivity index (χ2v) is 9.11. The lowest BCUT2D eigenvalue weighted by molar-refractivity contribution is 0.354. The number of hydrogen-bond acceptors (Lipinski definition) is 4. The third-order valence-electron chi connectivity index (χ3n) is 6.73. The maximum absolute atomic E-state index is 13.5. The Kier molecular flexibility index (Phi) is 5.47. The molecule has 0 bridgehead atoms. The largest absolute Gasteiger partial charge is 0.341 e. The van der Waals surface area contributed by atoms with E-state index in [1.165, 1.54) is 0 Å². The molecule has 2 fully saturated rings. The van der Waals surface area contributed by atoms with Gasteiger partial charge in [0, 0.05) is 25.9 Å². The molecule has 2 aromatic carbocycles. The predicted molar refractivity (Wildman–Crippen MR) is 128 cm³/mol. The second-order valence-electron chi connectivity index (χ2n) is 9.11. The van der Waals surface area contributed by atoms with Crippen LogP contribution in [0.1, 0.15) is 36.6 Å². The van der Waals surface area contributed by atoms with E-state index in [1.54, 1.807) is 12.4 Å². The van der Waals surface area contributed by atoms with Crippen LogP contribution in [0, 0.1) is 0 Å². The molecule has 0 radical (unpaired) electrons. The number of alkyl halides is 2. The van der Waals surface area contributed by atoms with Crippen molar-refractivity contribution in [2.45, 2.75) is 37.3 Å². The zero-order chi connectivity index (χ0) is 23.1. The fourth-order valence-corrected chi connectivity index (χ4v) is 4.81. The minimum atomic E-state index is -0.812. The summed E-state index contributed by atoms with van der Waals surface area (Å²) in [6.45, 7) is 0.764. The van der Waals surface area contributed by atoms with Gasteiger partial charge in [-0.25, -0.2) is 18.7 Å². The van der Waals surface area contributed by atoms with Gasteiger partial charge in [0.1, 0.15) is 24.0 Å². The van der Waals surface area contributed by atoms with Crippen molar-refractivity contribution in [3.63, 3.8) is 0 Å². The van der Waals surface area contributed by atoms with Gasteiger partial charge in [0.15, 0.2) is 0 Å². The van der Waals surface area contributed by atoms with E-state index in [-0.39, 0.29) is 12.1 Å². The third kappa shape index (κ3) is 4.15. The van der Waals surface area contributed by atoms with E-state index < -0.39 is 12.3 Å². The van der Waals surface area contributed by atoms with Gasteiger partial charge in [0.25, 0.3) is 0 Å². The number of benzene rings is 2. The quantitative estimate of drug-likeness (QED) is 0.342. The average Bonchev–Trinajstić information content (AvgIpc) is 3.66. The maximum Gasteiger partial charge on any atom is 0.123 e. The Labute approximate surface area is 196 Å². The molecule has 4 N–H and O–H groups in total. The molecule has 8 heteroatoms. The van der Waals surface area contributed by atoms with Gasteiger partial charge < -0.3 is 20.6 Å². The van der Waals surface area contributed by atoms with Gasteiger partial charge in [-0.3, -0.25) is 0 Å². The number of nitrogens with zero attached hydrogens (tertiary/aromatic N) is 2. The zero-order valence-electron chi connectivity index (χ0n) is 18.6. The Morgan fingerprint density at radius 3 is 1.32 bits per heavy atom. The molecule has 4 heterocycles. The van der Waals surface area contributed by atoms with Gasteiger partial charge in [-0.15, -0.1) is 0 Å². The summed E-state index contributed by atoms with van der Waals surface area (Å²) in [5.41, 5.74) is 6.15. The molecule has 6 rings (SSSR count). The van der Waals surface area contributed by atoms with Crippen molar-refractivity contribution in [2.24, 2.45) is 0 Å². The van der Waals surface area contributed by atoms with E-state index >= 15 is 0 Å². The van der Waals surface area contributed by atoms with Crippen LogP contribution < -0.4 is 10.6 Å². The number of imidazole rings is 2. The first-order chi connectivity index (χ1) is 16.6. The molecular weight excluding hydrogens is 434 g/mol. The highest BCUT2D eigenvalue weighted by Gasteiger charge is 2.28. The Hall–Kier alpha value is -3.36. The van der Waals surface area contributed by atoms with Gasteiger partial charge >= 0.3 is 0 Å². The number of aromatic nitrogens is 4. The van der Waals surface area contributed by atoms with Crippen LogP contribution in [0.2, 0.25) is 0 Å². The Morgan fingerprint density at radius 2 is 0.971 bits per heavy atom. The van der Waals surface area contributed by atoms with Crippen molar-refractivity contribution in [1.29, 1.82) is 0 Å². The Balaban J connectivity index is 1.15. The zero-order valence-corrected chi connectivity index (χ0v) is 18.6. The molecule has 4 aromatic rings. The SMILES string of the molecule is F[C@H]1CN[C@H](c2ncc(-c3ccc(-c4ccc(-c5cnc([C@@H]6C[C@@H](F)CN6)[nH]5)cc4)cc3)[nH]2)C1. The molecule has 174 valence electrons. The van der Waals surface area contributed by atoms with Crippen LogP contribution in [0.15, 0.2) is 60.9 Å². The molecule has 2 saturated heterocycles. The first-order valence-electron chi connectivity index (χ1n) is 11.7. The molecule has 0 amide bonds. The summed E-state index contributed by atoms with van der Waals surface area (Å²) in [5.74, 6) is 1.56.